The molecule has 0 N–H and O–H groups in total. The van der Waals surface area contributed by atoms with Gasteiger partial charge in [-0.1, -0.05) is 81.6 Å². The molecule has 4 nitrogen and oxygen atoms in total. The van der Waals surface area contributed by atoms with Gasteiger partial charge in [0, 0.05) is 5.56 Å². The number of unbranched alkanes of at least 4 members (excludes halogenated alkanes) is 2. The summed E-state index contributed by atoms with van der Waals surface area (Å²) >= 11 is 1.52. The number of ether oxygens (including phenoxy) is 2. The molecule has 2 atom stereocenters. The first-order chi connectivity index (χ1) is 14.8. The van der Waals surface area contributed by atoms with Crippen molar-refractivity contribution in [2.75, 3.05) is 13.2 Å². The zero-order valence-electron chi connectivity index (χ0n) is 18.8. The predicted molar refractivity (Wildman–Crippen MR) is 125 cm³/mol. The monoisotopic (exact) mass is 430 g/mol. The molecule has 0 radical (unpaired) electrons. The molecule has 0 amide bonds. The van der Waals surface area contributed by atoms with E-state index < -0.39 is 0 Å². The van der Waals surface area contributed by atoms with Gasteiger partial charge in [-0.3, -0.25) is 0 Å². The third kappa shape index (κ3) is 7.26. The van der Waals surface area contributed by atoms with Crippen LogP contribution >= 0.6 is 11.3 Å². The lowest BCUT2D eigenvalue weighted by Crippen LogP contribution is -2.20. The van der Waals surface area contributed by atoms with Crippen molar-refractivity contribution < 1.29 is 9.47 Å². The van der Waals surface area contributed by atoms with Crippen LogP contribution in [0.1, 0.15) is 84.5 Å². The highest BCUT2D eigenvalue weighted by Crippen LogP contribution is 2.36. The summed E-state index contributed by atoms with van der Waals surface area (Å²) in [5.74, 6) is 2.75. The molecule has 166 valence electrons. The topological polar surface area (TPSA) is 44.2 Å². The molecule has 2 aromatic rings. The standard InChI is InChI=1S/C25H38N2O2S/c1-3-5-6-10-20-11-7-8-12-21(20)13-9-19-29-25-27-26-24(30-25)22-14-16-23(17-15-22)28-18-4-2/h14-17,20-21H,3-13,18-19H2,1-2H3. The van der Waals surface area contributed by atoms with Gasteiger partial charge in [0.05, 0.1) is 13.2 Å². The zero-order valence-corrected chi connectivity index (χ0v) is 19.6. The molecular formula is C25H38N2O2S. The molecule has 3 rings (SSSR count). The highest BCUT2D eigenvalue weighted by Gasteiger charge is 2.24. The number of rotatable bonds is 13. The second-order valence-electron chi connectivity index (χ2n) is 8.54. The number of hydrogen-bond acceptors (Lipinski definition) is 5. The fraction of sp³-hybridized carbons (Fsp3) is 0.680. The first kappa shape index (κ1) is 23.1. The lowest BCUT2D eigenvalue weighted by molar-refractivity contribution is 0.190. The molecule has 1 aromatic heterocycles. The van der Waals surface area contributed by atoms with Crippen molar-refractivity contribution in [3.8, 4) is 21.5 Å². The molecular weight excluding hydrogens is 392 g/mol. The van der Waals surface area contributed by atoms with E-state index in [2.05, 4.69) is 24.0 Å². The Kier molecular flexibility index (Phi) is 9.94. The largest absolute Gasteiger partial charge is 0.494 e. The van der Waals surface area contributed by atoms with Crippen molar-refractivity contribution >= 4 is 11.3 Å². The first-order valence-electron chi connectivity index (χ1n) is 12.0. The summed E-state index contributed by atoms with van der Waals surface area (Å²) in [4.78, 5) is 0. The maximum absolute atomic E-state index is 5.93. The van der Waals surface area contributed by atoms with Crippen LogP contribution in [-0.2, 0) is 0 Å². The minimum absolute atomic E-state index is 0.680. The van der Waals surface area contributed by atoms with Crippen LogP contribution in [0.25, 0.3) is 10.6 Å². The van der Waals surface area contributed by atoms with Gasteiger partial charge in [-0.15, -0.1) is 5.10 Å². The normalized spacial score (nSPS) is 19.0. The van der Waals surface area contributed by atoms with Gasteiger partial charge < -0.3 is 9.47 Å². The number of aromatic nitrogens is 2. The van der Waals surface area contributed by atoms with Crippen LogP contribution < -0.4 is 9.47 Å². The average molecular weight is 431 g/mol. The summed E-state index contributed by atoms with van der Waals surface area (Å²) in [5, 5.41) is 10.1. The van der Waals surface area contributed by atoms with Crippen molar-refractivity contribution in [1.82, 2.24) is 10.2 Å². The van der Waals surface area contributed by atoms with Gasteiger partial charge >= 0.3 is 0 Å². The van der Waals surface area contributed by atoms with Gasteiger partial charge in [0.1, 0.15) is 5.75 Å². The third-order valence-electron chi connectivity index (χ3n) is 6.17. The first-order valence-corrected chi connectivity index (χ1v) is 12.8. The van der Waals surface area contributed by atoms with Crippen LogP contribution in [0.3, 0.4) is 0 Å². The van der Waals surface area contributed by atoms with Gasteiger partial charge in [-0.05, 0) is 55.4 Å². The number of nitrogens with zero attached hydrogens (tertiary/aromatic N) is 2. The third-order valence-corrected chi connectivity index (χ3v) is 7.06. The van der Waals surface area contributed by atoms with E-state index in [9.17, 15) is 0 Å². The van der Waals surface area contributed by atoms with Crippen LogP contribution in [0.2, 0.25) is 0 Å². The van der Waals surface area contributed by atoms with Gasteiger partial charge in [0.2, 0.25) is 0 Å². The van der Waals surface area contributed by atoms with Gasteiger partial charge in [-0.25, -0.2) is 0 Å². The van der Waals surface area contributed by atoms with Crippen LogP contribution in [0, 0.1) is 11.8 Å². The Labute approximate surface area is 186 Å². The lowest BCUT2D eigenvalue weighted by atomic mass is 9.74. The Morgan fingerprint density at radius 3 is 2.27 bits per heavy atom. The number of benzene rings is 1. The van der Waals surface area contributed by atoms with Crippen molar-refractivity contribution in [2.24, 2.45) is 11.8 Å². The fourth-order valence-corrected chi connectivity index (χ4v) is 5.23. The van der Waals surface area contributed by atoms with Gasteiger partial charge in [-0.2, -0.15) is 0 Å². The zero-order chi connectivity index (χ0) is 21.0. The van der Waals surface area contributed by atoms with Crippen molar-refractivity contribution in [3.63, 3.8) is 0 Å². The summed E-state index contributed by atoms with van der Waals surface area (Å²) in [6.07, 6.45) is 14.7. The van der Waals surface area contributed by atoms with E-state index in [0.29, 0.717) is 5.19 Å². The Balaban J connectivity index is 1.40. The molecule has 0 saturated heterocycles. The Morgan fingerprint density at radius 2 is 1.57 bits per heavy atom. The summed E-state index contributed by atoms with van der Waals surface area (Å²) in [6, 6.07) is 8.07. The Hall–Kier alpha value is -1.62. The SMILES string of the molecule is CCCCCC1CCCCC1CCCOc1nnc(-c2ccc(OCCC)cc2)s1. The maximum atomic E-state index is 5.93. The van der Waals surface area contributed by atoms with Crippen molar-refractivity contribution in [3.05, 3.63) is 24.3 Å². The Bertz CT molecular complexity index is 716. The molecule has 1 aromatic carbocycles. The van der Waals surface area contributed by atoms with Crippen molar-refractivity contribution in [1.29, 1.82) is 0 Å². The molecule has 1 aliphatic rings. The molecule has 1 heterocycles. The smallest absolute Gasteiger partial charge is 0.294 e. The minimum atomic E-state index is 0.680. The van der Waals surface area contributed by atoms with E-state index in [1.165, 1.54) is 69.1 Å². The predicted octanol–water partition coefficient (Wildman–Crippen LogP) is 7.54. The van der Waals surface area contributed by atoms with E-state index in [-0.39, 0.29) is 0 Å². The van der Waals surface area contributed by atoms with E-state index in [4.69, 9.17) is 9.47 Å². The summed E-state index contributed by atoms with van der Waals surface area (Å²) in [5.41, 5.74) is 1.06. The molecule has 0 spiro atoms. The molecule has 0 bridgehead atoms. The van der Waals surface area contributed by atoms with Gasteiger partial charge in [0.15, 0.2) is 5.01 Å². The molecule has 0 aliphatic heterocycles. The minimum Gasteiger partial charge on any atom is -0.494 e. The lowest BCUT2D eigenvalue weighted by Gasteiger charge is -2.31. The van der Waals surface area contributed by atoms with Crippen LogP contribution in [0.15, 0.2) is 24.3 Å². The molecule has 5 heteroatoms. The van der Waals surface area contributed by atoms with Gasteiger partial charge in [0.25, 0.3) is 5.19 Å². The molecule has 1 saturated carbocycles. The fourth-order valence-electron chi connectivity index (χ4n) is 4.50. The summed E-state index contributed by atoms with van der Waals surface area (Å²) in [6.45, 7) is 5.90. The highest BCUT2D eigenvalue weighted by atomic mass is 32.1. The van der Waals surface area contributed by atoms with E-state index in [1.54, 1.807) is 0 Å². The average Bonchev–Trinajstić information content (AvgIpc) is 3.26. The Morgan fingerprint density at radius 1 is 0.833 bits per heavy atom. The van der Waals surface area contributed by atoms with E-state index in [1.807, 2.05) is 24.3 Å². The second-order valence-corrected chi connectivity index (χ2v) is 9.48. The van der Waals surface area contributed by atoms with Crippen molar-refractivity contribution in [2.45, 2.75) is 84.5 Å². The number of hydrogen-bond donors (Lipinski definition) is 0. The summed E-state index contributed by atoms with van der Waals surface area (Å²) < 4.78 is 11.6. The molecule has 1 fully saturated rings. The highest BCUT2D eigenvalue weighted by molar-refractivity contribution is 7.16. The molecule has 1 aliphatic carbocycles. The summed E-state index contributed by atoms with van der Waals surface area (Å²) in [7, 11) is 0. The van der Waals surface area contributed by atoms with Crippen LogP contribution in [-0.4, -0.2) is 23.4 Å². The van der Waals surface area contributed by atoms with Crippen LogP contribution in [0.4, 0.5) is 0 Å². The maximum Gasteiger partial charge on any atom is 0.294 e. The van der Waals surface area contributed by atoms with Crippen LogP contribution in [0.5, 0.6) is 10.9 Å². The van der Waals surface area contributed by atoms with E-state index in [0.717, 1.165) is 54.2 Å². The molecule has 2 unspecified atom stereocenters. The molecule has 30 heavy (non-hydrogen) atoms. The quantitative estimate of drug-likeness (QED) is 0.308. The second kappa shape index (κ2) is 12.9. The van der Waals surface area contributed by atoms with E-state index >= 15 is 0 Å².